The van der Waals surface area contributed by atoms with E-state index < -0.39 is 0 Å². The third-order valence-corrected chi connectivity index (χ3v) is 5.01. The number of rotatable bonds is 4. The van der Waals surface area contributed by atoms with Crippen LogP contribution in [0.4, 0.5) is 0 Å². The highest BCUT2D eigenvalue weighted by atomic mass is 16.5. The molecule has 2 aromatic rings. The summed E-state index contributed by atoms with van der Waals surface area (Å²) < 4.78 is 5.39. The number of hydrogen-bond acceptors (Lipinski definition) is 4. The van der Waals surface area contributed by atoms with E-state index in [4.69, 9.17) is 4.74 Å². The summed E-state index contributed by atoms with van der Waals surface area (Å²) in [4.78, 5) is 14.7. The van der Waals surface area contributed by atoms with Crippen molar-refractivity contribution in [1.29, 1.82) is 0 Å². The summed E-state index contributed by atoms with van der Waals surface area (Å²) in [6.45, 7) is 3.19. The number of amides is 1. The molecule has 2 fully saturated rings. The molecule has 0 bridgehead atoms. The fraction of sp³-hybridized carbons (Fsp3) is 0.350. The van der Waals surface area contributed by atoms with E-state index in [2.05, 4.69) is 46.3 Å². The van der Waals surface area contributed by atoms with Gasteiger partial charge < -0.3 is 4.74 Å². The molecule has 0 saturated carbocycles. The average Bonchev–Trinajstić information content (AvgIpc) is 3.03. The number of ether oxygens (including phenoxy) is 1. The van der Waals surface area contributed by atoms with E-state index in [0.717, 1.165) is 25.4 Å². The second-order valence-electron chi connectivity index (χ2n) is 6.64. The van der Waals surface area contributed by atoms with Crippen molar-refractivity contribution in [2.45, 2.75) is 19.0 Å². The first-order valence-electron chi connectivity index (χ1n) is 8.72. The maximum absolute atomic E-state index is 12.3. The molecule has 1 atom stereocenters. The van der Waals surface area contributed by atoms with Gasteiger partial charge in [-0.05, 0) is 23.3 Å². The Morgan fingerprint density at radius 3 is 2.76 bits per heavy atom. The zero-order valence-electron chi connectivity index (χ0n) is 14.5. The van der Waals surface area contributed by atoms with Crippen LogP contribution in [-0.4, -0.2) is 47.7 Å². The van der Waals surface area contributed by atoms with Crippen molar-refractivity contribution in [2.24, 2.45) is 0 Å². The van der Waals surface area contributed by atoms with Crippen LogP contribution in [0.3, 0.4) is 0 Å². The summed E-state index contributed by atoms with van der Waals surface area (Å²) in [6, 6.07) is 18.8. The van der Waals surface area contributed by atoms with E-state index in [-0.39, 0.29) is 11.9 Å². The quantitative estimate of drug-likeness (QED) is 0.859. The van der Waals surface area contributed by atoms with Gasteiger partial charge in [-0.15, -0.1) is 0 Å². The summed E-state index contributed by atoms with van der Waals surface area (Å²) in [5, 5.41) is 4.13. The summed E-state index contributed by atoms with van der Waals surface area (Å²) in [5.74, 6) is 1.07. The highest BCUT2D eigenvalue weighted by molar-refractivity contribution is 5.77. The molecule has 130 valence electrons. The number of methoxy groups -OCH3 is 1. The summed E-state index contributed by atoms with van der Waals surface area (Å²) in [7, 11) is 1.69. The molecule has 0 aromatic heterocycles. The lowest BCUT2D eigenvalue weighted by Gasteiger charge is -2.45. The maximum Gasteiger partial charge on any atom is 0.239 e. The van der Waals surface area contributed by atoms with Gasteiger partial charge in [0.05, 0.1) is 19.8 Å². The number of carbonyl (C=O) groups is 1. The van der Waals surface area contributed by atoms with Gasteiger partial charge in [-0.3, -0.25) is 14.7 Å². The fourth-order valence-electron chi connectivity index (χ4n) is 3.76. The van der Waals surface area contributed by atoms with Crippen molar-refractivity contribution in [1.82, 2.24) is 14.9 Å². The molecular formula is C20H23N3O2. The van der Waals surface area contributed by atoms with Crippen LogP contribution in [0.15, 0.2) is 54.6 Å². The van der Waals surface area contributed by atoms with Crippen LogP contribution in [0.1, 0.15) is 23.6 Å². The van der Waals surface area contributed by atoms with Crippen molar-refractivity contribution in [2.75, 3.05) is 26.9 Å². The minimum atomic E-state index is 0.166. The Labute approximate surface area is 148 Å². The lowest BCUT2D eigenvalue weighted by Crippen LogP contribution is -2.55. The highest BCUT2D eigenvalue weighted by Gasteiger charge is 2.40. The van der Waals surface area contributed by atoms with Gasteiger partial charge in [0, 0.05) is 26.1 Å². The van der Waals surface area contributed by atoms with Gasteiger partial charge in [-0.25, -0.2) is 5.01 Å². The topological polar surface area (TPSA) is 36.0 Å². The van der Waals surface area contributed by atoms with Gasteiger partial charge in [0.15, 0.2) is 0 Å². The fourth-order valence-corrected chi connectivity index (χ4v) is 3.76. The normalized spacial score (nSPS) is 21.4. The number of nitrogens with zero attached hydrogens (tertiary/aromatic N) is 3. The molecule has 0 spiro atoms. The molecule has 0 aliphatic carbocycles. The van der Waals surface area contributed by atoms with Gasteiger partial charge in [-0.1, -0.05) is 42.5 Å². The molecule has 4 rings (SSSR count). The second kappa shape index (κ2) is 6.86. The monoisotopic (exact) mass is 337 g/mol. The van der Waals surface area contributed by atoms with Crippen LogP contribution in [0.25, 0.3) is 0 Å². The summed E-state index contributed by atoms with van der Waals surface area (Å²) >= 11 is 0. The third kappa shape index (κ3) is 3.25. The van der Waals surface area contributed by atoms with E-state index in [9.17, 15) is 4.79 Å². The van der Waals surface area contributed by atoms with Crippen LogP contribution in [0.2, 0.25) is 0 Å². The van der Waals surface area contributed by atoms with Gasteiger partial charge in [-0.2, -0.15) is 0 Å². The molecule has 0 radical (unpaired) electrons. The van der Waals surface area contributed by atoms with Crippen molar-refractivity contribution in [3.05, 3.63) is 65.7 Å². The second-order valence-corrected chi connectivity index (χ2v) is 6.64. The number of carbonyl (C=O) groups excluding carboxylic acids is 1. The van der Waals surface area contributed by atoms with Gasteiger partial charge >= 0.3 is 0 Å². The Kier molecular flexibility index (Phi) is 4.42. The van der Waals surface area contributed by atoms with E-state index in [1.807, 2.05) is 23.2 Å². The van der Waals surface area contributed by atoms with Gasteiger partial charge in [0.2, 0.25) is 5.91 Å². The van der Waals surface area contributed by atoms with Crippen LogP contribution in [0, 0.1) is 0 Å². The molecule has 2 heterocycles. The van der Waals surface area contributed by atoms with E-state index >= 15 is 0 Å². The SMILES string of the molecule is COc1cccc(C2CN(Cc3ccccc3)CN3C(=O)CCN23)c1. The zero-order chi connectivity index (χ0) is 17.2. The standard InChI is InChI=1S/C20H23N3O2/c1-25-18-9-5-8-17(12-18)19-14-21(13-16-6-3-2-4-7-16)15-23-20(24)10-11-22(19)23/h2-9,12,19H,10-11,13-15H2,1H3. The number of hydrogen-bond donors (Lipinski definition) is 0. The Balaban J connectivity index is 1.61. The summed E-state index contributed by atoms with van der Waals surface area (Å²) in [6.07, 6.45) is 0.597. The average molecular weight is 337 g/mol. The first-order valence-corrected chi connectivity index (χ1v) is 8.72. The molecule has 2 aliphatic rings. The minimum Gasteiger partial charge on any atom is -0.497 e. The van der Waals surface area contributed by atoms with Crippen LogP contribution >= 0.6 is 0 Å². The Bertz CT molecular complexity index is 750. The van der Waals surface area contributed by atoms with Crippen molar-refractivity contribution in [3.63, 3.8) is 0 Å². The van der Waals surface area contributed by atoms with Crippen LogP contribution in [-0.2, 0) is 11.3 Å². The number of hydrazine groups is 1. The number of benzene rings is 2. The highest BCUT2D eigenvalue weighted by Crippen LogP contribution is 2.33. The molecule has 5 heteroatoms. The summed E-state index contributed by atoms with van der Waals surface area (Å²) in [5.41, 5.74) is 2.46. The van der Waals surface area contributed by atoms with Crippen molar-refractivity contribution >= 4 is 5.91 Å². The Morgan fingerprint density at radius 2 is 1.96 bits per heavy atom. The lowest BCUT2D eigenvalue weighted by atomic mass is 10.0. The lowest BCUT2D eigenvalue weighted by molar-refractivity contribution is -0.158. The Hall–Kier alpha value is -2.37. The maximum atomic E-state index is 12.3. The third-order valence-electron chi connectivity index (χ3n) is 5.01. The van der Waals surface area contributed by atoms with Crippen molar-refractivity contribution in [3.8, 4) is 5.75 Å². The first kappa shape index (κ1) is 16.1. The largest absolute Gasteiger partial charge is 0.497 e. The van der Waals surface area contributed by atoms with Crippen LogP contribution in [0.5, 0.6) is 5.75 Å². The van der Waals surface area contributed by atoms with Gasteiger partial charge in [0.25, 0.3) is 0 Å². The molecule has 2 aliphatic heterocycles. The number of fused-ring (bicyclic) bond motifs is 1. The Morgan fingerprint density at radius 1 is 1.12 bits per heavy atom. The molecule has 1 amide bonds. The molecule has 1 unspecified atom stereocenters. The van der Waals surface area contributed by atoms with E-state index in [0.29, 0.717) is 13.1 Å². The van der Waals surface area contributed by atoms with E-state index in [1.54, 1.807) is 7.11 Å². The molecule has 0 N–H and O–H groups in total. The molecule has 2 saturated heterocycles. The first-order chi connectivity index (χ1) is 12.2. The molecule has 2 aromatic carbocycles. The van der Waals surface area contributed by atoms with E-state index in [1.165, 1.54) is 11.1 Å². The van der Waals surface area contributed by atoms with Crippen LogP contribution < -0.4 is 4.74 Å². The molecule has 5 nitrogen and oxygen atoms in total. The molecular weight excluding hydrogens is 314 g/mol. The van der Waals surface area contributed by atoms with Gasteiger partial charge in [0.1, 0.15) is 5.75 Å². The zero-order valence-corrected chi connectivity index (χ0v) is 14.5. The molecule has 25 heavy (non-hydrogen) atoms. The predicted molar refractivity (Wildman–Crippen MR) is 95.6 cm³/mol. The minimum absolute atomic E-state index is 0.166. The smallest absolute Gasteiger partial charge is 0.239 e. The predicted octanol–water partition coefficient (Wildman–Crippen LogP) is 2.66. The van der Waals surface area contributed by atoms with Crippen molar-refractivity contribution < 1.29 is 9.53 Å².